The predicted octanol–water partition coefficient (Wildman–Crippen LogP) is 3.76. The van der Waals surface area contributed by atoms with Gasteiger partial charge in [-0.15, -0.1) is 11.3 Å². The molecule has 0 aliphatic carbocycles. The minimum atomic E-state index is -3.62. The highest BCUT2D eigenvalue weighted by atomic mass is 32.2. The molecule has 10 heteroatoms. The van der Waals surface area contributed by atoms with Crippen molar-refractivity contribution in [3.05, 3.63) is 45.4 Å². The van der Waals surface area contributed by atoms with Crippen molar-refractivity contribution < 1.29 is 22.7 Å². The fourth-order valence-corrected chi connectivity index (χ4v) is 6.45. The number of rotatable bonds is 8. The Labute approximate surface area is 198 Å². The van der Waals surface area contributed by atoms with Crippen LogP contribution in [-0.4, -0.2) is 54.5 Å². The molecule has 0 spiro atoms. The summed E-state index contributed by atoms with van der Waals surface area (Å²) in [5.74, 6) is 0.235. The highest BCUT2D eigenvalue weighted by Crippen LogP contribution is 2.26. The zero-order valence-electron chi connectivity index (χ0n) is 19.2. The molecule has 0 radical (unpaired) electrons. The number of sulfonamides is 1. The van der Waals surface area contributed by atoms with Gasteiger partial charge in [0.1, 0.15) is 17.3 Å². The molecule has 1 saturated heterocycles. The summed E-state index contributed by atoms with van der Waals surface area (Å²) >= 11 is 1.44. The molecule has 0 amide bonds. The van der Waals surface area contributed by atoms with Gasteiger partial charge in [0, 0.05) is 24.5 Å². The Hall–Kier alpha value is -2.27. The number of carbonyl (C=O) groups is 1. The van der Waals surface area contributed by atoms with E-state index in [1.165, 1.54) is 15.6 Å². The van der Waals surface area contributed by atoms with Crippen LogP contribution in [0.4, 0.5) is 0 Å². The van der Waals surface area contributed by atoms with Crippen LogP contribution in [0.2, 0.25) is 0 Å². The van der Waals surface area contributed by atoms with E-state index >= 15 is 0 Å². The normalized spacial score (nSPS) is 15.2. The van der Waals surface area contributed by atoms with Gasteiger partial charge in [-0.25, -0.2) is 18.2 Å². The molecular weight excluding hydrogens is 462 g/mol. The molecule has 3 heterocycles. The number of esters is 1. The first-order chi connectivity index (χ1) is 15.8. The minimum absolute atomic E-state index is 0.0253. The summed E-state index contributed by atoms with van der Waals surface area (Å²) in [6.45, 7) is 8.31. The lowest BCUT2D eigenvalue weighted by molar-refractivity contribution is 0.0464. The Bertz CT molecular complexity index is 1260. The van der Waals surface area contributed by atoms with Crippen molar-refractivity contribution in [2.45, 2.75) is 51.7 Å². The molecule has 0 N–H and O–H groups in total. The molecule has 8 nitrogen and oxygen atoms in total. The molecule has 4 rings (SSSR count). The molecule has 178 valence electrons. The minimum Gasteiger partial charge on any atom is -0.453 e. The fourth-order valence-electron chi connectivity index (χ4n) is 4.01. The first-order valence-corrected chi connectivity index (χ1v) is 13.4. The maximum absolute atomic E-state index is 13.0. The number of imidazole rings is 1. The van der Waals surface area contributed by atoms with E-state index in [1.54, 1.807) is 18.2 Å². The lowest BCUT2D eigenvalue weighted by Crippen LogP contribution is -2.40. The van der Waals surface area contributed by atoms with Gasteiger partial charge in [0.2, 0.25) is 10.0 Å². The van der Waals surface area contributed by atoms with E-state index in [4.69, 9.17) is 9.47 Å². The molecule has 0 unspecified atom stereocenters. The molecule has 3 aromatic rings. The van der Waals surface area contributed by atoms with Crippen molar-refractivity contribution in [1.82, 2.24) is 13.9 Å². The first kappa shape index (κ1) is 23.9. The third-order valence-corrected chi connectivity index (χ3v) is 8.76. The van der Waals surface area contributed by atoms with Crippen LogP contribution in [0, 0.1) is 6.92 Å². The smallest absolute Gasteiger partial charge is 0.348 e. The Balaban J connectivity index is 1.59. The molecule has 0 atom stereocenters. The quantitative estimate of drug-likeness (QED) is 0.446. The van der Waals surface area contributed by atoms with Crippen molar-refractivity contribution in [1.29, 1.82) is 0 Å². The largest absolute Gasteiger partial charge is 0.453 e. The number of ether oxygens (including phenoxy) is 2. The molecule has 0 saturated carbocycles. The number of carbonyl (C=O) groups excluding carboxylic acids is 1. The Morgan fingerprint density at radius 1 is 1.21 bits per heavy atom. The number of aryl methyl sites for hydroxylation is 3. The molecule has 1 aromatic carbocycles. The van der Waals surface area contributed by atoms with Crippen LogP contribution in [0.5, 0.6) is 0 Å². The molecule has 1 aliphatic rings. The van der Waals surface area contributed by atoms with Gasteiger partial charge in [-0.2, -0.15) is 4.31 Å². The van der Waals surface area contributed by atoms with E-state index in [1.807, 2.05) is 17.6 Å². The van der Waals surface area contributed by atoms with Gasteiger partial charge in [0.15, 0.2) is 0 Å². The maximum Gasteiger partial charge on any atom is 0.348 e. The van der Waals surface area contributed by atoms with Gasteiger partial charge in [0.05, 0.1) is 29.1 Å². The average Bonchev–Trinajstić information content (AvgIpc) is 3.37. The number of thiophene rings is 1. The Morgan fingerprint density at radius 3 is 2.64 bits per heavy atom. The topological polar surface area (TPSA) is 90.7 Å². The second-order valence-electron chi connectivity index (χ2n) is 7.97. The Morgan fingerprint density at radius 2 is 1.97 bits per heavy atom. The molecule has 1 aliphatic heterocycles. The van der Waals surface area contributed by atoms with Gasteiger partial charge in [0.25, 0.3) is 0 Å². The van der Waals surface area contributed by atoms with Crippen LogP contribution in [0.3, 0.4) is 0 Å². The van der Waals surface area contributed by atoms with E-state index in [9.17, 15) is 13.2 Å². The second kappa shape index (κ2) is 9.92. The zero-order valence-corrected chi connectivity index (χ0v) is 20.8. The van der Waals surface area contributed by atoms with E-state index in [2.05, 4.69) is 18.8 Å². The van der Waals surface area contributed by atoms with E-state index in [0.29, 0.717) is 49.1 Å². The van der Waals surface area contributed by atoms with Crippen LogP contribution >= 0.6 is 11.3 Å². The van der Waals surface area contributed by atoms with E-state index in [0.717, 1.165) is 28.8 Å². The van der Waals surface area contributed by atoms with Gasteiger partial charge >= 0.3 is 5.97 Å². The number of nitrogens with zero attached hydrogens (tertiary/aromatic N) is 3. The molecular formula is C23H29N3O5S2. The summed E-state index contributed by atoms with van der Waals surface area (Å²) in [4.78, 5) is 19.2. The molecule has 0 bridgehead atoms. The first-order valence-electron chi connectivity index (χ1n) is 11.2. The molecule has 2 aromatic heterocycles. The molecule has 33 heavy (non-hydrogen) atoms. The van der Waals surface area contributed by atoms with Gasteiger partial charge in [-0.3, -0.25) is 0 Å². The van der Waals surface area contributed by atoms with Crippen LogP contribution in [-0.2, 0) is 39.1 Å². The van der Waals surface area contributed by atoms with E-state index < -0.39 is 10.0 Å². The van der Waals surface area contributed by atoms with Crippen molar-refractivity contribution in [2.24, 2.45) is 0 Å². The van der Waals surface area contributed by atoms with Crippen LogP contribution < -0.4 is 0 Å². The standard InChI is InChI=1S/C23H29N3O5S2/c1-4-8-26-20-7-6-18(33(28,29)25-9-11-30-12-10-25)14-19(20)24-22(26)15-31-23(27)21-13-17(5-2)16(3)32-21/h6-7,13-14H,4-5,8-12,15H2,1-3H3. The molecule has 1 fully saturated rings. The third kappa shape index (κ3) is 4.84. The Kier molecular flexibility index (Phi) is 7.18. The third-order valence-electron chi connectivity index (χ3n) is 5.79. The van der Waals surface area contributed by atoms with Crippen LogP contribution in [0.25, 0.3) is 11.0 Å². The number of benzene rings is 1. The van der Waals surface area contributed by atoms with Crippen molar-refractivity contribution in [3.8, 4) is 0 Å². The summed E-state index contributed by atoms with van der Waals surface area (Å²) in [6, 6.07) is 6.90. The summed E-state index contributed by atoms with van der Waals surface area (Å²) < 4.78 is 40.4. The number of morpholine rings is 1. The van der Waals surface area contributed by atoms with Crippen molar-refractivity contribution in [2.75, 3.05) is 26.3 Å². The van der Waals surface area contributed by atoms with Crippen molar-refractivity contribution in [3.63, 3.8) is 0 Å². The fraction of sp³-hybridized carbons (Fsp3) is 0.478. The summed E-state index contributed by atoms with van der Waals surface area (Å²) in [7, 11) is -3.62. The summed E-state index contributed by atoms with van der Waals surface area (Å²) in [5, 5.41) is 0. The predicted molar refractivity (Wildman–Crippen MR) is 127 cm³/mol. The summed E-state index contributed by atoms with van der Waals surface area (Å²) in [6.07, 6.45) is 1.74. The lowest BCUT2D eigenvalue weighted by atomic mass is 10.2. The number of hydrogen-bond acceptors (Lipinski definition) is 7. The SMILES string of the molecule is CCCn1c(COC(=O)c2cc(CC)c(C)s2)nc2cc(S(=O)(=O)N3CCOCC3)ccc21. The summed E-state index contributed by atoms with van der Waals surface area (Å²) in [5.41, 5.74) is 2.55. The lowest BCUT2D eigenvalue weighted by Gasteiger charge is -2.26. The maximum atomic E-state index is 13.0. The average molecular weight is 492 g/mol. The second-order valence-corrected chi connectivity index (χ2v) is 11.2. The number of fused-ring (bicyclic) bond motifs is 1. The monoisotopic (exact) mass is 491 g/mol. The highest BCUT2D eigenvalue weighted by molar-refractivity contribution is 7.89. The van der Waals surface area contributed by atoms with Crippen LogP contribution in [0.15, 0.2) is 29.2 Å². The van der Waals surface area contributed by atoms with Crippen LogP contribution in [0.1, 0.15) is 46.2 Å². The number of aromatic nitrogens is 2. The van der Waals surface area contributed by atoms with Crippen molar-refractivity contribution >= 4 is 38.4 Å². The zero-order chi connectivity index (χ0) is 23.6. The van der Waals surface area contributed by atoms with Gasteiger partial charge < -0.3 is 14.0 Å². The number of hydrogen-bond donors (Lipinski definition) is 0. The van der Waals surface area contributed by atoms with E-state index in [-0.39, 0.29) is 17.5 Å². The highest BCUT2D eigenvalue weighted by Gasteiger charge is 2.27. The van der Waals surface area contributed by atoms with Gasteiger partial charge in [-0.05, 0) is 49.6 Å². The van der Waals surface area contributed by atoms with Gasteiger partial charge in [-0.1, -0.05) is 13.8 Å².